The Labute approximate surface area is 123 Å². The first-order chi connectivity index (χ1) is 10.3. The number of hydrogen-bond donors (Lipinski definition) is 2. The molecule has 1 saturated heterocycles. The molecule has 0 bridgehead atoms. The molecule has 2 N–H and O–H groups in total. The van der Waals surface area contributed by atoms with E-state index in [4.69, 9.17) is 8.94 Å². The van der Waals surface area contributed by atoms with Gasteiger partial charge in [0.25, 0.3) is 0 Å². The molecule has 0 spiro atoms. The van der Waals surface area contributed by atoms with Crippen LogP contribution in [0, 0.1) is 0 Å². The molecule has 2 aromatic heterocycles. The molecule has 1 atom stereocenters. The minimum Gasteiger partial charge on any atom is -0.461 e. The summed E-state index contributed by atoms with van der Waals surface area (Å²) in [5, 5.41) is 16.8. The molecular formula is C15H21N3O3. The Kier molecular flexibility index (Phi) is 4.69. The predicted molar refractivity (Wildman–Crippen MR) is 77.6 cm³/mol. The molecular weight excluding hydrogens is 270 g/mol. The van der Waals surface area contributed by atoms with Crippen molar-refractivity contribution in [3.63, 3.8) is 0 Å². The van der Waals surface area contributed by atoms with E-state index in [0.29, 0.717) is 30.7 Å². The number of nitrogens with zero attached hydrogens (tertiary/aromatic N) is 2. The molecule has 21 heavy (non-hydrogen) atoms. The van der Waals surface area contributed by atoms with Crippen LogP contribution in [0.25, 0.3) is 11.5 Å². The Morgan fingerprint density at radius 1 is 1.43 bits per heavy atom. The summed E-state index contributed by atoms with van der Waals surface area (Å²) in [4.78, 5) is 2.20. The van der Waals surface area contributed by atoms with Gasteiger partial charge in [0.2, 0.25) is 5.76 Å². The number of furan rings is 1. The topological polar surface area (TPSA) is 74.7 Å². The molecule has 3 rings (SSSR count). The van der Waals surface area contributed by atoms with Gasteiger partial charge >= 0.3 is 0 Å². The molecule has 0 aromatic carbocycles. The van der Waals surface area contributed by atoms with E-state index in [1.54, 1.807) is 6.26 Å². The van der Waals surface area contributed by atoms with Crippen LogP contribution in [0.2, 0.25) is 0 Å². The van der Waals surface area contributed by atoms with Crippen molar-refractivity contribution in [2.24, 2.45) is 0 Å². The Bertz CT molecular complexity index is 532. The second kappa shape index (κ2) is 6.89. The van der Waals surface area contributed by atoms with Gasteiger partial charge in [0.1, 0.15) is 0 Å². The van der Waals surface area contributed by atoms with Crippen LogP contribution in [-0.2, 0) is 6.54 Å². The Morgan fingerprint density at radius 2 is 2.38 bits per heavy atom. The molecule has 0 aliphatic carbocycles. The summed E-state index contributed by atoms with van der Waals surface area (Å²) in [7, 11) is 0. The lowest BCUT2D eigenvalue weighted by molar-refractivity contribution is 0.176. The highest BCUT2D eigenvalue weighted by Crippen LogP contribution is 2.21. The van der Waals surface area contributed by atoms with E-state index in [1.807, 2.05) is 18.2 Å². The van der Waals surface area contributed by atoms with Crippen LogP contribution >= 0.6 is 0 Å². The molecule has 3 heterocycles. The summed E-state index contributed by atoms with van der Waals surface area (Å²) in [5.41, 5.74) is 0.854. The molecule has 1 aliphatic rings. The maximum Gasteiger partial charge on any atom is 0.202 e. The Morgan fingerprint density at radius 3 is 3.10 bits per heavy atom. The lowest BCUT2D eigenvalue weighted by Crippen LogP contribution is -2.38. The van der Waals surface area contributed by atoms with Crippen LogP contribution in [0.15, 0.2) is 33.4 Å². The van der Waals surface area contributed by atoms with Crippen molar-refractivity contribution in [3.8, 4) is 11.5 Å². The van der Waals surface area contributed by atoms with Gasteiger partial charge in [-0.1, -0.05) is 5.16 Å². The van der Waals surface area contributed by atoms with Crippen molar-refractivity contribution in [1.82, 2.24) is 15.4 Å². The van der Waals surface area contributed by atoms with Gasteiger partial charge in [-0.15, -0.1) is 0 Å². The average molecular weight is 291 g/mol. The predicted octanol–water partition coefficient (Wildman–Crippen LogP) is 1.48. The Hall–Kier alpha value is -1.63. The zero-order chi connectivity index (χ0) is 14.5. The number of nitrogens with one attached hydrogen (secondary N) is 1. The molecule has 0 saturated carbocycles. The molecule has 2 aromatic rings. The van der Waals surface area contributed by atoms with Gasteiger partial charge in [0.05, 0.1) is 18.6 Å². The zero-order valence-electron chi connectivity index (χ0n) is 12.0. The van der Waals surface area contributed by atoms with E-state index >= 15 is 0 Å². The molecule has 0 radical (unpaired) electrons. The molecule has 0 amide bonds. The van der Waals surface area contributed by atoms with Crippen molar-refractivity contribution in [3.05, 3.63) is 30.2 Å². The molecule has 1 aliphatic heterocycles. The first-order valence-corrected chi connectivity index (χ1v) is 7.41. The van der Waals surface area contributed by atoms with E-state index < -0.39 is 0 Å². The molecule has 114 valence electrons. The maximum atomic E-state index is 9.22. The highest BCUT2D eigenvalue weighted by atomic mass is 16.5. The van der Waals surface area contributed by atoms with Crippen molar-refractivity contribution in [2.75, 3.05) is 26.2 Å². The minimum atomic E-state index is 0.148. The summed E-state index contributed by atoms with van der Waals surface area (Å²) >= 11 is 0. The van der Waals surface area contributed by atoms with Gasteiger partial charge in [-0.05, 0) is 31.5 Å². The third kappa shape index (κ3) is 3.72. The second-order valence-corrected chi connectivity index (χ2v) is 5.41. The molecule has 6 nitrogen and oxygen atoms in total. The normalized spacial score (nSPS) is 18.7. The van der Waals surface area contributed by atoms with Gasteiger partial charge in [-0.2, -0.15) is 0 Å². The van der Waals surface area contributed by atoms with Crippen molar-refractivity contribution < 1.29 is 14.0 Å². The number of aromatic nitrogens is 1. The fourth-order valence-corrected chi connectivity index (χ4v) is 2.75. The summed E-state index contributed by atoms with van der Waals surface area (Å²) in [5.74, 6) is 1.32. The third-order valence-corrected chi connectivity index (χ3v) is 3.77. The van der Waals surface area contributed by atoms with Crippen LogP contribution < -0.4 is 5.32 Å². The Balaban J connectivity index is 1.62. The van der Waals surface area contributed by atoms with Crippen LogP contribution in [0.1, 0.15) is 18.5 Å². The van der Waals surface area contributed by atoms with Gasteiger partial charge in [-0.3, -0.25) is 4.90 Å². The van der Waals surface area contributed by atoms with Crippen molar-refractivity contribution in [2.45, 2.75) is 25.4 Å². The zero-order valence-corrected chi connectivity index (χ0v) is 12.0. The maximum absolute atomic E-state index is 9.22. The van der Waals surface area contributed by atoms with Gasteiger partial charge in [0.15, 0.2) is 5.76 Å². The number of aliphatic hydroxyl groups excluding tert-OH is 1. The quantitative estimate of drug-likeness (QED) is 0.805. The van der Waals surface area contributed by atoms with Crippen molar-refractivity contribution in [1.29, 1.82) is 0 Å². The number of aliphatic hydroxyl groups is 1. The highest BCUT2D eigenvalue weighted by molar-refractivity contribution is 5.49. The third-order valence-electron chi connectivity index (χ3n) is 3.77. The molecule has 1 fully saturated rings. The monoisotopic (exact) mass is 291 g/mol. The van der Waals surface area contributed by atoms with Crippen LogP contribution in [0.4, 0.5) is 0 Å². The summed E-state index contributed by atoms with van der Waals surface area (Å²) < 4.78 is 10.6. The van der Waals surface area contributed by atoms with E-state index in [1.165, 1.54) is 12.8 Å². The van der Waals surface area contributed by atoms with Crippen LogP contribution in [0.5, 0.6) is 0 Å². The average Bonchev–Trinajstić information content (AvgIpc) is 3.21. The first-order valence-electron chi connectivity index (χ1n) is 7.41. The highest BCUT2D eigenvalue weighted by Gasteiger charge is 2.19. The summed E-state index contributed by atoms with van der Waals surface area (Å²) in [6.45, 7) is 3.47. The van der Waals surface area contributed by atoms with Crippen LogP contribution in [-0.4, -0.2) is 47.4 Å². The van der Waals surface area contributed by atoms with Gasteiger partial charge < -0.3 is 19.4 Å². The molecule has 6 heteroatoms. The van der Waals surface area contributed by atoms with Gasteiger partial charge in [-0.25, -0.2) is 0 Å². The van der Waals surface area contributed by atoms with Gasteiger partial charge in [0, 0.05) is 31.7 Å². The van der Waals surface area contributed by atoms with Crippen LogP contribution in [0.3, 0.4) is 0 Å². The largest absolute Gasteiger partial charge is 0.461 e. The van der Waals surface area contributed by atoms with E-state index in [0.717, 1.165) is 18.8 Å². The van der Waals surface area contributed by atoms with E-state index in [9.17, 15) is 5.11 Å². The number of rotatable bonds is 7. The lowest BCUT2D eigenvalue weighted by atomic mass is 10.2. The van der Waals surface area contributed by atoms with E-state index in [2.05, 4.69) is 15.4 Å². The minimum absolute atomic E-state index is 0.148. The molecule has 1 unspecified atom stereocenters. The fourth-order valence-electron chi connectivity index (χ4n) is 2.75. The number of hydrogen-bond acceptors (Lipinski definition) is 6. The lowest BCUT2D eigenvalue weighted by Gasteiger charge is -2.23. The summed E-state index contributed by atoms with van der Waals surface area (Å²) in [6, 6.07) is 6.07. The SMILES string of the molecule is OCCN(Cc1cc(-c2ccco2)on1)CC1CCCN1. The fraction of sp³-hybridized carbons (Fsp3) is 0.533. The summed E-state index contributed by atoms with van der Waals surface area (Å²) in [6.07, 6.45) is 4.03. The van der Waals surface area contributed by atoms with E-state index in [-0.39, 0.29) is 6.61 Å². The smallest absolute Gasteiger partial charge is 0.202 e. The second-order valence-electron chi connectivity index (χ2n) is 5.41. The first kappa shape index (κ1) is 14.3. The standard InChI is InChI=1S/C15H21N3O3/c19-7-6-18(10-12-3-1-5-16-12)11-13-9-15(21-17-13)14-4-2-8-20-14/h2,4,8-9,12,16,19H,1,3,5-7,10-11H2. The van der Waals surface area contributed by atoms with Crippen molar-refractivity contribution >= 4 is 0 Å².